The molecular formula is C12H16ClNO3. The second kappa shape index (κ2) is 5.38. The van der Waals surface area contributed by atoms with Crippen molar-refractivity contribution in [1.29, 1.82) is 0 Å². The van der Waals surface area contributed by atoms with Crippen molar-refractivity contribution >= 4 is 17.6 Å². The third-order valence-corrected chi connectivity index (χ3v) is 3.17. The first-order valence-corrected chi connectivity index (χ1v) is 5.58. The summed E-state index contributed by atoms with van der Waals surface area (Å²) in [5.41, 5.74) is 7.85. The van der Waals surface area contributed by atoms with Gasteiger partial charge in [-0.15, -0.1) is 0 Å². The van der Waals surface area contributed by atoms with E-state index in [9.17, 15) is 9.90 Å². The Labute approximate surface area is 105 Å². The second-order valence-electron chi connectivity index (χ2n) is 3.87. The number of carboxylic acid groups (broad SMARTS) is 1. The zero-order valence-corrected chi connectivity index (χ0v) is 10.8. The first-order valence-electron chi connectivity index (χ1n) is 5.20. The van der Waals surface area contributed by atoms with Crippen molar-refractivity contribution in [2.75, 3.05) is 13.7 Å². The number of aryl methyl sites for hydroxylation is 1. The third kappa shape index (κ3) is 2.53. The largest absolute Gasteiger partial charge is 0.495 e. The summed E-state index contributed by atoms with van der Waals surface area (Å²) in [5, 5.41) is 9.58. The van der Waals surface area contributed by atoms with Gasteiger partial charge in [-0.1, -0.05) is 11.6 Å². The van der Waals surface area contributed by atoms with Gasteiger partial charge in [-0.05, 0) is 31.0 Å². The average Bonchev–Trinajstić information content (AvgIpc) is 2.25. The Morgan fingerprint density at radius 3 is 2.59 bits per heavy atom. The Balaban J connectivity index is 3.53. The number of aliphatic carboxylic acids is 1. The number of carbonyl (C=O) groups is 1. The lowest BCUT2D eigenvalue weighted by Gasteiger charge is -2.20. The van der Waals surface area contributed by atoms with Crippen LogP contribution >= 0.6 is 11.6 Å². The smallest absolute Gasteiger partial charge is 0.312 e. The fraction of sp³-hybridized carbons (Fsp3) is 0.417. The summed E-state index contributed by atoms with van der Waals surface area (Å²) in [5.74, 6) is -1.38. The Morgan fingerprint density at radius 1 is 1.59 bits per heavy atom. The summed E-state index contributed by atoms with van der Waals surface area (Å²) in [4.78, 5) is 11.2. The van der Waals surface area contributed by atoms with E-state index in [1.165, 1.54) is 7.11 Å². The number of hydrogen-bond donors (Lipinski definition) is 2. The van der Waals surface area contributed by atoms with E-state index in [1.54, 1.807) is 6.07 Å². The predicted octanol–water partition coefficient (Wildman–Crippen LogP) is 2.09. The van der Waals surface area contributed by atoms with Gasteiger partial charge in [0.2, 0.25) is 0 Å². The van der Waals surface area contributed by atoms with E-state index in [2.05, 4.69) is 0 Å². The van der Waals surface area contributed by atoms with Gasteiger partial charge in [0.05, 0.1) is 18.1 Å². The minimum absolute atomic E-state index is 0.00627. The molecule has 0 bridgehead atoms. The predicted molar refractivity (Wildman–Crippen MR) is 66.9 cm³/mol. The summed E-state index contributed by atoms with van der Waals surface area (Å²) < 4.78 is 5.19. The number of ether oxygens (including phenoxy) is 1. The molecule has 0 heterocycles. The zero-order valence-electron chi connectivity index (χ0n) is 10.1. The standard InChI is InChI=1S/C12H16ClNO3/c1-6-4-9(13)11(17-3)10(7(6)2)8(5-14)12(15)16/h4,8H,5,14H2,1-3H3,(H,15,16). The Morgan fingerprint density at radius 2 is 2.18 bits per heavy atom. The van der Waals surface area contributed by atoms with Crippen LogP contribution in [0, 0.1) is 13.8 Å². The fourth-order valence-corrected chi connectivity index (χ4v) is 2.19. The number of hydrogen-bond acceptors (Lipinski definition) is 3. The quantitative estimate of drug-likeness (QED) is 0.866. The number of nitrogens with two attached hydrogens (primary N) is 1. The van der Waals surface area contributed by atoms with E-state index in [-0.39, 0.29) is 6.54 Å². The summed E-state index contributed by atoms with van der Waals surface area (Å²) in [6.07, 6.45) is 0. The number of methoxy groups -OCH3 is 1. The van der Waals surface area contributed by atoms with E-state index < -0.39 is 11.9 Å². The molecule has 0 aromatic heterocycles. The van der Waals surface area contributed by atoms with Crippen LogP contribution in [0.5, 0.6) is 5.75 Å². The van der Waals surface area contributed by atoms with E-state index in [1.807, 2.05) is 13.8 Å². The summed E-state index contributed by atoms with van der Waals surface area (Å²) >= 11 is 6.05. The zero-order chi connectivity index (χ0) is 13.2. The maximum absolute atomic E-state index is 11.2. The average molecular weight is 258 g/mol. The van der Waals surface area contributed by atoms with Gasteiger partial charge in [-0.2, -0.15) is 0 Å². The van der Waals surface area contributed by atoms with Gasteiger partial charge >= 0.3 is 5.97 Å². The Kier molecular flexibility index (Phi) is 4.37. The van der Waals surface area contributed by atoms with Gasteiger partial charge in [-0.25, -0.2) is 0 Å². The van der Waals surface area contributed by atoms with Crippen LogP contribution in [-0.4, -0.2) is 24.7 Å². The van der Waals surface area contributed by atoms with Gasteiger partial charge in [0, 0.05) is 12.1 Å². The van der Waals surface area contributed by atoms with Crippen LogP contribution in [-0.2, 0) is 4.79 Å². The van der Waals surface area contributed by atoms with Crippen molar-refractivity contribution in [3.05, 3.63) is 27.8 Å². The number of rotatable bonds is 4. The lowest BCUT2D eigenvalue weighted by atomic mass is 9.91. The third-order valence-electron chi connectivity index (χ3n) is 2.89. The van der Waals surface area contributed by atoms with Crippen LogP contribution < -0.4 is 10.5 Å². The highest BCUT2D eigenvalue weighted by Crippen LogP contribution is 2.37. The highest BCUT2D eigenvalue weighted by molar-refractivity contribution is 6.32. The number of benzene rings is 1. The Bertz CT molecular complexity index is 446. The lowest BCUT2D eigenvalue weighted by Crippen LogP contribution is -2.23. The molecule has 1 rings (SSSR count). The van der Waals surface area contributed by atoms with Crippen molar-refractivity contribution in [3.63, 3.8) is 0 Å². The molecule has 17 heavy (non-hydrogen) atoms. The van der Waals surface area contributed by atoms with Crippen LogP contribution in [0.4, 0.5) is 0 Å². The van der Waals surface area contributed by atoms with Gasteiger partial charge in [0.1, 0.15) is 5.75 Å². The van der Waals surface area contributed by atoms with Crippen LogP contribution in [0.25, 0.3) is 0 Å². The molecule has 0 saturated carbocycles. The molecular weight excluding hydrogens is 242 g/mol. The van der Waals surface area contributed by atoms with Crippen molar-refractivity contribution in [2.45, 2.75) is 19.8 Å². The first-order chi connectivity index (χ1) is 7.93. The van der Waals surface area contributed by atoms with E-state index >= 15 is 0 Å². The molecule has 94 valence electrons. The molecule has 0 aliphatic rings. The molecule has 1 aromatic carbocycles. The SMILES string of the molecule is COc1c(Cl)cc(C)c(C)c1C(CN)C(=O)O. The Hall–Kier alpha value is -1.26. The first kappa shape index (κ1) is 13.8. The van der Waals surface area contributed by atoms with Gasteiger partial charge in [-0.3, -0.25) is 4.79 Å². The molecule has 1 aromatic rings. The van der Waals surface area contributed by atoms with Crippen molar-refractivity contribution < 1.29 is 14.6 Å². The number of halogens is 1. The monoisotopic (exact) mass is 257 g/mol. The molecule has 0 saturated heterocycles. The molecule has 0 aliphatic heterocycles. The summed E-state index contributed by atoms with van der Waals surface area (Å²) in [6, 6.07) is 1.76. The molecule has 0 fully saturated rings. The van der Waals surface area contributed by atoms with Gasteiger partial charge in [0.15, 0.2) is 0 Å². The van der Waals surface area contributed by atoms with E-state index in [0.29, 0.717) is 16.3 Å². The maximum Gasteiger partial charge on any atom is 0.312 e. The minimum Gasteiger partial charge on any atom is -0.495 e. The molecule has 1 atom stereocenters. The fourth-order valence-electron chi connectivity index (χ4n) is 1.84. The topological polar surface area (TPSA) is 72.5 Å². The molecule has 0 amide bonds. The normalized spacial score (nSPS) is 12.3. The molecule has 3 N–H and O–H groups in total. The lowest BCUT2D eigenvalue weighted by molar-refractivity contribution is -0.138. The van der Waals surface area contributed by atoms with Crippen molar-refractivity contribution in [1.82, 2.24) is 0 Å². The molecule has 0 radical (unpaired) electrons. The maximum atomic E-state index is 11.2. The second-order valence-corrected chi connectivity index (χ2v) is 4.28. The van der Waals surface area contributed by atoms with Crippen LogP contribution in [0.1, 0.15) is 22.6 Å². The molecule has 0 spiro atoms. The summed E-state index contributed by atoms with van der Waals surface area (Å²) in [7, 11) is 1.47. The highest BCUT2D eigenvalue weighted by Gasteiger charge is 2.26. The molecule has 4 nitrogen and oxygen atoms in total. The van der Waals surface area contributed by atoms with Gasteiger partial charge < -0.3 is 15.6 Å². The number of carboxylic acids is 1. The van der Waals surface area contributed by atoms with Crippen LogP contribution in [0.15, 0.2) is 6.07 Å². The van der Waals surface area contributed by atoms with Crippen LogP contribution in [0.2, 0.25) is 5.02 Å². The molecule has 5 heteroatoms. The van der Waals surface area contributed by atoms with Crippen LogP contribution in [0.3, 0.4) is 0 Å². The van der Waals surface area contributed by atoms with Crippen molar-refractivity contribution in [2.24, 2.45) is 5.73 Å². The van der Waals surface area contributed by atoms with Crippen molar-refractivity contribution in [3.8, 4) is 5.75 Å². The van der Waals surface area contributed by atoms with Gasteiger partial charge in [0.25, 0.3) is 0 Å². The van der Waals surface area contributed by atoms with E-state index in [0.717, 1.165) is 11.1 Å². The molecule has 0 aliphatic carbocycles. The minimum atomic E-state index is -0.976. The molecule has 1 unspecified atom stereocenters. The van der Waals surface area contributed by atoms with E-state index in [4.69, 9.17) is 22.1 Å². The highest BCUT2D eigenvalue weighted by atomic mass is 35.5. The summed E-state index contributed by atoms with van der Waals surface area (Å²) in [6.45, 7) is 3.72.